The van der Waals surface area contributed by atoms with Crippen LogP contribution in [0.25, 0.3) is 0 Å². The Hall–Kier alpha value is -3.23. The molecule has 1 saturated heterocycles. The smallest absolute Gasteiger partial charge is 0.404 e. The summed E-state index contributed by atoms with van der Waals surface area (Å²) in [6, 6.07) is 13.0. The normalized spacial score (nSPS) is 23.1. The van der Waals surface area contributed by atoms with Crippen molar-refractivity contribution in [3.05, 3.63) is 82.0 Å². The van der Waals surface area contributed by atoms with Gasteiger partial charge in [0, 0.05) is 53.1 Å². The molecule has 1 fully saturated rings. The van der Waals surface area contributed by atoms with Crippen molar-refractivity contribution < 1.29 is 14.3 Å². The van der Waals surface area contributed by atoms with Crippen molar-refractivity contribution in [2.75, 3.05) is 31.1 Å². The number of piperidine rings is 1. The number of amides is 1. The lowest BCUT2D eigenvalue weighted by Crippen LogP contribution is -2.49. The van der Waals surface area contributed by atoms with Gasteiger partial charge in [-0.05, 0) is 86.0 Å². The number of hydrogen-bond acceptors (Lipinski definition) is 5. The lowest BCUT2D eigenvalue weighted by molar-refractivity contribution is 0.102. The number of likely N-dealkylation sites (tertiary alicyclic amines) is 1. The van der Waals surface area contributed by atoms with Crippen LogP contribution in [0, 0.1) is 5.82 Å². The number of halogens is 2. The van der Waals surface area contributed by atoms with E-state index < -0.39 is 6.09 Å². The van der Waals surface area contributed by atoms with Gasteiger partial charge in [-0.3, -0.25) is 4.90 Å². The van der Waals surface area contributed by atoms with Gasteiger partial charge in [0.05, 0.1) is 0 Å². The van der Waals surface area contributed by atoms with Crippen molar-refractivity contribution in [3.63, 3.8) is 0 Å². The molecule has 1 aromatic heterocycles. The Bertz CT molecular complexity index is 1390. The Labute approximate surface area is 233 Å². The number of nitrogens with one attached hydrogen (secondary N) is 1. The van der Waals surface area contributed by atoms with E-state index in [-0.39, 0.29) is 17.3 Å². The van der Waals surface area contributed by atoms with Crippen LogP contribution in [0.1, 0.15) is 67.0 Å². The molecular formula is C30H33ClFN5O2. The summed E-state index contributed by atoms with van der Waals surface area (Å²) in [6.45, 7) is 4.92. The first-order valence-electron chi connectivity index (χ1n) is 13.7. The molecule has 0 radical (unpaired) electrons. The fraction of sp³-hybridized carbons (Fsp3) is 0.433. The molecule has 2 N–H and O–H groups in total. The molecular weight excluding hydrogens is 517 g/mol. The van der Waals surface area contributed by atoms with Crippen LogP contribution in [0.3, 0.4) is 0 Å². The van der Waals surface area contributed by atoms with Crippen LogP contribution < -0.4 is 10.2 Å². The van der Waals surface area contributed by atoms with Crippen LogP contribution >= 0.6 is 11.6 Å². The summed E-state index contributed by atoms with van der Waals surface area (Å²) in [6.07, 6.45) is 5.19. The summed E-state index contributed by atoms with van der Waals surface area (Å²) in [5, 5.41) is 12.4. The van der Waals surface area contributed by atoms with Gasteiger partial charge in [0.15, 0.2) is 0 Å². The van der Waals surface area contributed by atoms with Crippen molar-refractivity contribution >= 4 is 29.2 Å². The highest BCUT2D eigenvalue weighted by molar-refractivity contribution is 6.30. The highest BCUT2D eigenvalue weighted by Gasteiger charge is 2.48. The molecule has 39 heavy (non-hydrogen) atoms. The third-order valence-electron chi connectivity index (χ3n) is 8.79. The van der Waals surface area contributed by atoms with Crippen molar-refractivity contribution in [1.82, 2.24) is 20.2 Å². The van der Waals surface area contributed by atoms with Gasteiger partial charge in [0.25, 0.3) is 0 Å². The molecule has 3 aliphatic rings. The number of aromatic nitrogens is 2. The number of nitrogens with zero attached hydrogens (tertiary/aromatic N) is 4. The minimum atomic E-state index is -1.03. The van der Waals surface area contributed by atoms with E-state index in [2.05, 4.69) is 27.0 Å². The third-order valence-corrected chi connectivity index (χ3v) is 9.04. The predicted molar refractivity (Wildman–Crippen MR) is 149 cm³/mol. The fourth-order valence-electron chi connectivity index (χ4n) is 7.01. The number of hydrogen-bond donors (Lipinski definition) is 2. The molecule has 3 atom stereocenters. The Morgan fingerprint density at radius 2 is 2.05 bits per heavy atom. The molecule has 1 spiro atoms. The van der Waals surface area contributed by atoms with E-state index in [1.54, 1.807) is 18.5 Å². The lowest BCUT2D eigenvalue weighted by atomic mass is 9.75. The van der Waals surface area contributed by atoms with Gasteiger partial charge in [-0.15, -0.1) is 0 Å². The minimum absolute atomic E-state index is 0.000621. The fourth-order valence-corrected chi connectivity index (χ4v) is 7.14. The highest BCUT2D eigenvalue weighted by atomic mass is 35.5. The van der Waals surface area contributed by atoms with Gasteiger partial charge < -0.3 is 15.3 Å². The van der Waals surface area contributed by atoms with E-state index in [4.69, 9.17) is 16.6 Å². The molecule has 1 aliphatic carbocycles. The van der Waals surface area contributed by atoms with Crippen LogP contribution in [0.2, 0.25) is 5.02 Å². The largest absolute Gasteiger partial charge is 0.465 e. The minimum Gasteiger partial charge on any atom is -0.465 e. The van der Waals surface area contributed by atoms with E-state index in [1.165, 1.54) is 5.56 Å². The Morgan fingerprint density at radius 3 is 2.85 bits per heavy atom. The second kappa shape index (κ2) is 10.4. The SMILES string of the molecule is C[C@@H]1CCc2ncnc(N3C[C@]4(CCCN([C@@H](CCNC(=O)O)c5ccc(Cl)cc5)C4)c4cc(F)ccc43)c21. The van der Waals surface area contributed by atoms with Crippen molar-refractivity contribution in [2.45, 2.75) is 56.4 Å². The van der Waals surface area contributed by atoms with Gasteiger partial charge in [-0.1, -0.05) is 30.7 Å². The lowest BCUT2D eigenvalue weighted by Gasteiger charge is -2.44. The number of rotatable bonds is 6. The molecule has 204 valence electrons. The second-order valence-corrected chi connectivity index (χ2v) is 11.6. The number of carboxylic acid groups (broad SMARTS) is 1. The maximum atomic E-state index is 14.8. The molecule has 0 bridgehead atoms. The number of anilines is 2. The summed E-state index contributed by atoms with van der Waals surface area (Å²) in [7, 11) is 0. The molecule has 0 saturated carbocycles. The monoisotopic (exact) mass is 549 g/mol. The summed E-state index contributed by atoms with van der Waals surface area (Å²) < 4.78 is 14.8. The molecule has 6 rings (SSSR count). The number of carbonyl (C=O) groups is 1. The topological polar surface area (TPSA) is 81.6 Å². The van der Waals surface area contributed by atoms with Gasteiger partial charge in [-0.25, -0.2) is 19.2 Å². The maximum Gasteiger partial charge on any atom is 0.404 e. The van der Waals surface area contributed by atoms with Crippen LogP contribution in [0.15, 0.2) is 48.8 Å². The summed E-state index contributed by atoms with van der Waals surface area (Å²) in [5.41, 5.74) is 5.21. The van der Waals surface area contributed by atoms with Crippen molar-refractivity contribution in [1.29, 1.82) is 0 Å². The van der Waals surface area contributed by atoms with Gasteiger partial charge in [0.1, 0.15) is 18.0 Å². The van der Waals surface area contributed by atoms with Crippen molar-refractivity contribution in [2.24, 2.45) is 0 Å². The van der Waals surface area contributed by atoms with Crippen LogP contribution in [0.5, 0.6) is 0 Å². The molecule has 2 aromatic carbocycles. The molecule has 0 unspecified atom stereocenters. The quantitative estimate of drug-likeness (QED) is 0.381. The second-order valence-electron chi connectivity index (χ2n) is 11.2. The van der Waals surface area contributed by atoms with Crippen LogP contribution in [-0.2, 0) is 11.8 Å². The van der Waals surface area contributed by atoms with Crippen molar-refractivity contribution in [3.8, 4) is 0 Å². The molecule has 9 heteroatoms. The zero-order valence-electron chi connectivity index (χ0n) is 22.0. The van der Waals surface area contributed by atoms with Gasteiger partial charge >= 0.3 is 6.09 Å². The highest BCUT2D eigenvalue weighted by Crippen LogP contribution is 2.51. The average Bonchev–Trinajstić information content (AvgIpc) is 3.45. The Kier molecular flexibility index (Phi) is 6.93. The van der Waals surface area contributed by atoms with E-state index in [0.29, 0.717) is 23.9 Å². The molecule has 3 heterocycles. The standard InChI is InChI=1S/C30H33ClFN5O2/c1-19-3-9-24-27(19)28(35-18-34-24)37-17-30(23-15-22(32)8-10-26(23)37)12-2-14-36(16-30)25(11-13-33-29(38)39)20-4-6-21(31)7-5-20/h4-8,10,15,18-19,25,33H,2-3,9,11-14,16-17H2,1H3,(H,38,39)/t19-,25+,30-/m1/s1. The summed E-state index contributed by atoms with van der Waals surface area (Å²) >= 11 is 6.19. The average molecular weight is 550 g/mol. The summed E-state index contributed by atoms with van der Waals surface area (Å²) in [5.74, 6) is 1.11. The Morgan fingerprint density at radius 1 is 1.23 bits per heavy atom. The number of benzene rings is 2. The summed E-state index contributed by atoms with van der Waals surface area (Å²) in [4.78, 5) is 25.3. The van der Waals surface area contributed by atoms with E-state index in [1.807, 2.05) is 30.3 Å². The number of aryl methyl sites for hydroxylation is 1. The van der Waals surface area contributed by atoms with Crippen LogP contribution in [0.4, 0.5) is 20.7 Å². The first-order chi connectivity index (χ1) is 18.8. The molecule has 3 aromatic rings. The number of fused-ring (bicyclic) bond motifs is 3. The van der Waals surface area contributed by atoms with Gasteiger partial charge in [-0.2, -0.15) is 0 Å². The van der Waals surface area contributed by atoms with E-state index in [9.17, 15) is 14.3 Å². The zero-order chi connectivity index (χ0) is 27.1. The third kappa shape index (κ3) is 4.85. The zero-order valence-corrected chi connectivity index (χ0v) is 22.8. The Balaban J connectivity index is 1.37. The van der Waals surface area contributed by atoms with E-state index >= 15 is 0 Å². The van der Waals surface area contributed by atoms with Crippen LogP contribution in [-0.4, -0.2) is 52.2 Å². The maximum absolute atomic E-state index is 14.8. The van der Waals surface area contributed by atoms with Gasteiger partial charge in [0.2, 0.25) is 0 Å². The molecule has 1 amide bonds. The molecule has 2 aliphatic heterocycles. The molecule has 7 nitrogen and oxygen atoms in total. The predicted octanol–water partition coefficient (Wildman–Crippen LogP) is 6.20. The van der Waals surface area contributed by atoms with E-state index in [0.717, 1.165) is 73.6 Å². The first kappa shape index (κ1) is 26.0. The first-order valence-corrected chi connectivity index (χ1v) is 14.1.